The number of hydrogen-bond acceptors (Lipinski definition) is 7. The number of amides is 2. The van der Waals surface area contributed by atoms with Crippen LogP contribution in [0.3, 0.4) is 0 Å². The van der Waals surface area contributed by atoms with Crippen molar-refractivity contribution in [2.24, 2.45) is 29.1 Å². The Hall–Kier alpha value is -2.98. The zero-order chi connectivity index (χ0) is 32.5. The number of carbonyl (C=O) groups excluding carboxylic acids is 2. The summed E-state index contributed by atoms with van der Waals surface area (Å²) in [6.45, 7) is 13.0. The fourth-order valence-corrected chi connectivity index (χ4v) is 7.79. The van der Waals surface area contributed by atoms with E-state index in [1.54, 1.807) is 12.0 Å². The number of benzene rings is 2. The molecule has 2 aromatic rings. The van der Waals surface area contributed by atoms with Gasteiger partial charge in [0.25, 0.3) is 5.91 Å². The van der Waals surface area contributed by atoms with Crippen molar-refractivity contribution < 1.29 is 24.3 Å². The minimum absolute atomic E-state index is 0.0866. The molecule has 4 fully saturated rings. The molecule has 6 rings (SSSR count). The number of nitrogens with zero attached hydrogens (tertiary/aromatic N) is 2. The molecule has 2 amide bonds. The zero-order valence-corrected chi connectivity index (χ0v) is 28.0. The Morgan fingerprint density at radius 3 is 2.60 bits per heavy atom. The summed E-state index contributed by atoms with van der Waals surface area (Å²) in [7, 11) is 3.95. The van der Waals surface area contributed by atoms with E-state index < -0.39 is 12.1 Å². The molecular weight excluding hydrogens is 568 g/mol. The van der Waals surface area contributed by atoms with E-state index in [9.17, 15) is 14.7 Å². The third-order valence-electron chi connectivity index (χ3n) is 10.7. The SMILES string of the molecule is CCOc1c(CN2OC[C@H]([C@H](C)O)[C@H]2C(=O)N[C@H]2C[C@H]3C[C@@H]([C@@H]2C)C3(C)C)cccc1-c1cccc(C(=O)NCCN(C)C)c1. The maximum absolute atomic E-state index is 14.0. The Kier molecular flexibility index (Phi) is 10.2. The molecule has 4 aliphatic rings. The van der Waals surface area contributed by atoms with Crippen LogP contribution in [0.2, 0.25) is 0 Å². The number of nitrogens with one attached hydrogen (secondary N) is 2. The largest absolute Gasteiger partial charge is 0.493 e. The first kappa shape index (κ1) is 33.4. The Morgan fingerprint density at radius 1 is 1.18 bits per heavy atom. The highest BCUT2D eigenvalue weighted by atomic mass is 16.7. The molecule has 1 aliphatic heterocycles. The summed E-state index contributed by atoms with van der Waals surface area (Å²) >= 11 is 0. The highest BCUT2D eigenvalue weighted by Gasteiger charge is 2.57. The molecule has 7 atom stereocenters. The Bertz CT molecular complexity index is 1360. The molecule has 0 aromatic heterocycles. The molecule has 9 heteroatoms. The number of hydroxylamine groups is 2. The molecule has 9 nitrogen and oxygen atoms in total. The summed E-state index contributed by atoms with van der Waals surface area (Å²) in [5.74, 6) is 1.78. The normalized spacial score (nSPS) is 27.9. The molecule has 3 aliphatic carbocycles. The maximum Gasteiger partial charge on any atom is 0.251 e. The predicted octanol–water partition coefficient (Wildman–Crippen LogP) is 4.34. The van der Waals surface area contributed by atoms with Gasteiger partial charge in [-0.05, 0) is 81.6 Å². The summed E-state index contributed by atoms with van der Waals surface area (Å²) < 4.78 is 6.23. The lowest BCUT2D eigenvalue weighted by atomic mass is 9.45. The predicted molar refractivity (Wildman–Crippen MR) is 175 cm³/mol. The summed E-state index contributed by atoms with van der Waals surface area (Å²) in [6.07, 6.45) is 1.54. The van der Waals surface area contributed by atoms with Crippen LogP contribution < -0.4 is 15.4 Å². The van der Waals surface area contributed by atoms with E-state index in [0.29, 0.717) is 54.2 Å². The van der Waals surface area contributed by atoms with Gasteiger partial charge in [0.1, 0.15) is 11.8 Å². The van der Waals surface area contributed by atoms with Gasteiger partial charge in [-0.3, -0.25) is 14.4 Å². The molecule has 1 saturated heterocycles. The highest BCUT2D eigenvalue weighted by Crippen LogP contribution is 2.61. The van der Waals surface area contributed by atoms with Crippen LogP contribution in [-0.4, -0.2) is 85.5 Å². The maximum atomic E-state index is 14.0. The quantitative estimate of drug-likeness (QED) is 0.324. The van der Waals surface area contributed by atoms with Crippen LogP contribution in [0.1, 0.15) is 63.4 Å². The van der Waals surface area contributed by atoms with Gasteiger partial charge in [0.2, 0.25) is 5.91 Å². The van der Waals surface area contributed by atoms with E-state index >= 15 is 0 Å². The van der Waals surface area contributed by atoms with Crippen LogP contribution in [0.25, 0.3) is 11.1 Å². The lowest BCUT2D eigenvalue weighted by Crippen LogP contribution is -2.62. The van der Waals surface area contributed by atoms with Gasteiger partial charge in [0.05, 0.1) is 25.9 Å². The van der Waals surface area contributed by atoms with Crippen molar-refractivity contribution in [2.45, 2.75) is 72.2 Å². The van der Waals surface area contributed by atoms with Gasteiger partial charge < -0.3 is 25.4 Å². The molecule has 0 radical (unpaired) electrons. The van der Waals surface area contributed by atoms with E-state index in [1.165, 1.54) is 6.42 Å². The number of aliphatic hydroxyl groups is 1. The number of aliphatic hydroxyl groups excluding tert-OH is 1. The second-order valence-electron chi connectivity index (χ2n) is 14.2. The van der Waals surface area contributed by atoms with E-state index in [-0.39, 0.29) is 30.4 Å². The smallest absolute Gasteiger partial charge is 0.251 e. The van der Waals surface area contributed by atoms with Crippen molar-refractivity contribution in [3.63, 3.8) is 0 Å². The minimum atomic E-state index is -0.703. The van der Waals surface area contributed by atoms with Gasteiger partial charge in [-0.25, -0.2) is 0 Å². The van der Waals surface area contributed by atoms with E-state index in [4.69, 9.17) is 9.57 Å². The van der Waals surface area contributed by atoms with Crippen LogP contribution in [0.15, 0.2) is 42.5 Å². The van der Waals surface area contributed by atoms with E-state index in [2.05, 4.69) is 31.4 Å². The monoisotopic (exact) mass is 620 g/mol. The van der Waals surface area contributed by atoms with E-state index in [0.717, 1.165) is 29.7 Å². The number of carbonyl (C=O) groups is 2. The van der Waals surface area contributed by atoms with Crippen LogP contribution in [-0.2, 0) is 16.2 Å². The Morgan fingerprint density at radius 2 is 1.93 bits per heavy atom. The van der Waals surface area contributed by atoms with Gasteiger partial charge in [-0.15, -0.1) is 0 Å². The zero-order valence-electron chi connectivity index (χ0n) is 28.0. The lowest BCUT2D eigenvalue weighted by molar-refractivity contribution is -0.161. The van der Waals surface area contributed by atoms with E-state index in [1.807, 2.05) is 68.4 Å². The fourth-order valence-electron chi connectivity index (χ4n) is 7.79. The topological polar surface area (TPSA) is 103 Å². The summed E-state index contributed by atoms with van der Waals surface area (Å²) in [4.78, 5) is 35.0. The third-order valence-corrected chi connectivity index (χ3v) is 10.7. The van der Waals surface area contributed by atoms with Crippen LogP contribution in [0.4, 0.5) is 0 Å². The van der Waals surface area contributed by atoms with Crippen LogP contribution in [0, 0.1) is 29.1 Å². The lowest BCUT2D eigenvalue weighted by Gasteiger charge is -2.62. The third kappa shape index (κ3) is 6.92. The van der Waals surface area contributed by atoms with Crippen molar-refractivity contribution in [1.29, 1.82) is 0 Å². The number of para-hydroxylation sites is 1. The van der Waals surface area contributed by atoms with Gasteiger partial charge >= 0.3 is 0 Å². The van der Waals surface area contributed by atoms with Crippen molar-refractivity contribution in [3.05, 3.63) is 53.6 Å². The molecular formula is C36H52N4O5. The van der Waals surface area contributed by atoms with Gasteiger partial charge in [0.15, 0.2) is 0 Å². The second kappa shape index (κ2) is 13.8. The molecule has 0 unspecified atom stereocenters. The Balaban J connectivity index is 1.36. The van der Waals surface area contributed by atoms with Crippen molar-refractivity contribution in [3.8, 4) is 16.9 Å². The summed E-state index contributed by atoms with van der Waals surface area (Å²) in [5, 5.41) is 18.8. The first-order valence-corrected chi connectivity index (χ1v) is 16.6. The number of fused-ring (bicyclic) bond motifs is 2. The number of ether oxygens (including phenoxy) is 1. The second-order valence-corrected chi connectivity index (χ2v) is 14.2. The first-order chi connectivity index (χ1) is 21.4. The molecule has 45 heavy (non-hydrogen) atoms. The minimum Gasteiger partial charge on any atom is -0.493 e. The Labute approximate surface area is 268 Å². The van der Waals surface area contributed by atoms with Crippen molar-refractivity contribution in [1.82, 2.24) is 20.6 Å². The molecule has 0 spiro atoms. The molecule has 3 N–H and O–H groups in total. The van der Waals surface area contributed by atoms with Gasteiger partial charge in [-0.2, -0.15) is 5.06 Å². The molecule has 246 valence electrons. The average molecular weight is 621 g/mol. The van der Waals surface area contributed by atoms with Crippen molar-refractivity contribution >= 4 is 11.8 Å². The molecule has 1 heterocycles. The summed E-state index contributed by atoms with van der Waals surface area (Å²) in [6, 6.07) is 13.0. The standard InChI is InChI=1S/C36H52N4O5/c1-8-44-33-26(13-10-14-28(33)24-11-9-12-25(17-24)34(42)37-15-16-39(6)7)20-40-32(29(21-45-40)23(3)41)35(43)38-31-19-27-18-30(22(31)2)36(27,4)5/h9-14,17,22-23,27,29-32,41H,8,15-16,18-21H2,1-7H3,(H,37,42)(H,38,43)/t22-,23-,27+,29+,30-,31-,32-/m0/s1. The van der Waals surface area contributed by atoms with Crippen LogP contribution >= 0.6 is 0 Å². The average Bonchev–Trinajstić information content (AvgIpc) is 3.42. The molecule has 2 bridgehead atoms. The molecule has 3 saturated carbocycles. The van der Waals surface area contributed by atoms with Gasteiger partial charge in [-0.1, -0.05) is 51.1 Å². The first-order valence-electron chi connectivity index (χ1n) is 16.6. The number of hydrogen-bond donors (Lipinski definition) is 3. The van der Waals surface area contributed by atoms with Crippen molar-refractivity contribution in [2.75, 3.05) is 40.4 Å². The number of likely N-dealkylation sites (N-methyl/N-ethyl adjacent to an activating group) is 1. The van der Waals surface area contributed by atoms with Gasteiger partial charge in [0, 0.05) is 41.7 Å². The number of rotatable bonds is 12. The fraction of sp³-hybridized carbons (Fsp3) is 0.611. The molecule has 2 aromatic carbocycles. The summed E-state index contributed by atoms with van der Waals surface area (Å²) in [5.41, 5.74) is 3.51. The highest BCUT2D eigenvalue weighted by molar-refractivity contribution is 5.95. The van der Waals surface area contributed by atoms with Crippen LogP contribution in [0.5, 0.6) is 5.75 Å².